The molecule has 1 aromatic heterocycles. The number of likely N-dealkylation sites (tertiary alicyclic amines) is 1. The Morgan fingerprint density at radius 2 is 1.82 bits per heavy atom. The van der Waals surface area contributed by atoms with Crippen molar-refractivity contribution in [1.82, 2.24) is 9.88 Å². The third-order valence-corrected chi connectivity index (χ3v) is 13.3. The van der Waals surface area contributed by atoms with Crippen molar-refractivity contribution in [2.45, 2.75) is 82.8 Å². The van der Waals surface area contributed by atoms with Crippen LogP contribution in [0.4, 0.5) is 15.6 Å². The first-order chi connectivity index (χ1) is 18.8. The van der Waals surface area contributed by atoms with E-state index in [-0.39, 0.29) is 35.6 Å². The summed E-state index contributed by atoms with van der Waals surface area (Å²) in [6, 6.07) is 17.2. The minimum Gasteiger partial charge on any atom is -0.465 e. The molecule has 8 nitrogen and oxygen atoms in total. The normalized spacial score (nSPS) is 18.5. The first-order valence-electron chi connectivity index (χ1n) is 13.7. The fourth-order valence-electron chi connectivity index (χ4n) is 4.98. The molecule has 1 fully saturated rings. The number of hydrogen-bond donors (Lipinski definition) is 3. The van der Waals surface area contributed by atoms with E-state index in [2.05, 4.69) is 44.2 Å². The van der Waals surface area contributed by atoms with Crippen molar-refractivity contribution in [3.8, 4) is 0 Å². The lowest BCUT2D eigenvalue weighted by Gasteiger charge is -2.42. The van der Waals surface area contributed by atoms with Gasteiger partial charge in [-0.15, -0.1) is 11.3 Å². The minimum absolute atomic E-state index is 0.00314. The number of carbonyl (C=O) groups is 2. The highest BCUT2D eigenvalue weighted by atomic mass is 32.1. The van der Waals surface area contributed by atoms with Crippen molar-refractivity contribution in [1.29, 1.82) is 0 Å². The highest BCUT2D eigenvalue weighted by Crippen LogP contribution is 2.44. The van der Waals surface area contributed by atoms with Gasteiger partial charge in [0.05, 0.1) is 24.3 Å². The van der Waals surface area contributed by atoms with Crippen LogP contribution in [0.15, 0.2) is 60.0 Å². The summed E-state index contributed by atoms with van der Waals surface area (Å²) in [6.45, 7) is 11.0. The van der Waals surface area contributed by atoms with Crippen LogP contribution in [0.25, 0.3) is 0 Å². The van der Waals surface area contributed by atoms with E-state index in [4.69, 9.17) is 10.2 Å². The number of hydrogen-bond acceptors (Lipinski definition) is 6. The number of rotatable bonds is 9. The molecule has 4 N–H and O–H groups in total. The number of nitrogens with two attached hydrogens (primary N) is 1. The zero-order valence-electron chi connectivity index (χ0n) is 23.9. The average molecular weight is 581 g/mol. The molecular formula is C30H40N4O4SSi. The Kier molecular flexibility index (Phi) is 9.01. The van der Waals surface area contributed by atoms with E-state index in [1.807, 2.05) is 54.6 Å². The van der Waals surface area contributed by atoms with Crippen LogP contribution in [0, 0.1) is 0 Å². The molecule has 1 aliphatic rings. The van der Waals surface area contributed by atoms with Crippen molar-refractivity contribution in [2.24, 2.45) is 0 Å². The van der Waals surface area contributed by atoms with Crippen molar-refractivity contribution in [3.63, 3.8) is 0 Å². The molecule has 1 unspecified atom stereocenters. The molecule has 10 heteroatoms. The second kappa shape index (κ2) is 12.1. The van der Waals surface area contributed by atoms with Crippen LogP contribution >= 0.6 is 11.3 Å². The van der Waals surface area contributed by atoms with Crippen molar-refractivity contribution < 1.29 is 19.1 Å². The van der Waals surface area contributed by atoms with E-state index >= 15 is 0 Å². The lowest BCUT2D eigenvalue weighted by molar-refractivity contribution is -0.115. The number of nitrogens with zero attached hydrogens (tertiary/aromatic N) is 2. The van der Waals surface area contributed by atoms with Gasteiger partial charge < -0.3 is 20.6 Å². The predicted molar refractivity (Wildman–Crippen MR) is 163 cm³/mol. The summed E-state index contributed by atoms with van der Waals surface area (Å²) in [5, 5.41) is 15.5. The summed E-state index contributed by atoms with van der Waals surface area (Å²) < 4.78 is 6.93. The Hall–Kier alpha value is -3.21. The first kappa shape index (κ1) is 29.8. The Labute approximate surface area is 241 Å². The molecule has 2 aromatic carbocycles. The summed E-state index contributed by atoms with van der Waals surface area (Å²) >= 11 is 1.31. The molecular weight excluding hydrogens is 541 g/mol. The molecule has 3 aromatic rings. The molecule has 2 heterocycles. The van der Waals surface area contributed by atoms with Crippen LogP contribution in [-0.2, 0) is 22.1 Å². The number of nitrogens with one attached hydrogen (secondary N) is 1. The van der Waals surface area contributed by atoms with Gasteiger partial charge in [-0.1, -0.05) is 63.2 Å². The monoisotopic (exact) mass is 580 g/mol. The van der Waals surface area contributed by atoms with Crippen LogP contribution in [0.1, 0.15) is 56.5 Å². The molecule has 4 rings (SSSR count). The fraction of sp³-hybridized carbons (Fsp3) is 0.433. The number of nitrogen functional groups attached to an aromatic ring is 1. The first-order valence-corrected chi connectivity index (χ1v) is 17.5. The summed E-state index contributed by atoms with van der Waals surface area (Å²) in [5.41, 5.74) is 9.01. The number of thiazole rings is 1. The number of aromatic nitrogens is 1. The van der Waals surface area contributed by atoms with Gasteiger partial charge >= 0.3 is 6.09 Å². The lowest BCUT2D eigenvalue weighted by Crippen LogP contribution is -2.49. The zero-order chi connectivity index (χ0) is 29.1. The third-order valence-electron chi connectivity index (χ3n) is 8.09. The summed E-state index contributed by atoms with van der Waals surface area (Å²) in [6.07, 6.45) is 1.01. The quantitative estimate of drug-likeness (QED) is 0.242. The number of carbonyl (C=O) groups excluding carboxylic acids is 1. The molecule has 0 aliphatic carbocycles. The van der Waals surface area contributed by atoms with Gasteiger partial charge in [0.1, 0.15) is 0 Å². The van der Waals surface area contributed by atoms with E-state index < -0.39 is 14.4 Å². The van der Waals surface area contributed by atoms with Gasteiger partial charge in [-0.2, -0.15) is 0 Å². The van der Waals surface area contributed by atoms with Crippen LogP contribution in [0.5, 0.6) is 0 Å². The maximum atomic E-state index is 12.7. The van der Waals surface area contributed by atoms with Crippen LogP contribution in [0.3, 0.4) is 0 Å². The van der Waals surface area contributed by atoms with Crippen LogP contribution in [-0.4, -0.2) is 47.4 Å². The standard InChI is InChI=1S/C30H40N4O4SSi/c1-30(2,3)40(4,5)38-27(21-9-7-6-8-10-21)25-16-15-24(34(25)29(36)37)17-20-11-13-22(14-12-20)32-26(35)18-23-19-39-28(31)33-23/h6-14,19,24-25,27H,15-18H2,1-5H3,(H2,31,33)(H,32,35)(H,36,37)/t24-,25+,27?/m0/s1. The van der Waals surface area contributed by atoms with Crippen molar-refractivity contribution in [3.05, 3.63) is 76.8 Å². The largest absolute Gasteiger partial charge is 0.465 e. The number of amides is 2. The van der Waals surface area contributed by atoms with Crippen LogP contribution < -0.4 is 11.1 Å². The SMILES string of the molecule is CC(C)(C)[Si](C)(C)OC(c1ccccc1)[C@H]1CC[C@@H](Cc2ccc(NC(=O)Cc3csc(N)n3)cc2)N1C(=O)O. The van der Waals surface area contributed by atoms with E-state index in [0.29, 0.717) is 22.9 Å². The van der Waals surface area contributed by atoms with E-state index in [1.165, 1.54) is 11.3 Å². The molecule has 3 atom stereocenters. The fourth-order valence-corrected chi connectivity index (χ4v) is 6.83. The third kappa shape index (κ3) is 7.10. The number of benzene rings is 2. The molecule has 214 valence electrons. The second-order valence-electron chi connectivity index (χ2n) is 12.0. The molecule has 2 amide bonds. The predicted octanol–water partition coefficient (Wildman–Crippen LogP) is 6.72. The molecule has 0 bridgehead atoms. The Balaban J connectivity index is 1.47. The Bertz CT molecular complexity index is 1310. The van der Waals surface area contributed by atoms with Gasteiger partial charge in [0.15, 0.2) is 13.4 Å². The van der Waals surface area contributed by atoms with Crippen molar-refractivity contribution >= 4 is 42.5 Å². The molecule has 0 saturated carbocycles. The maximum Gasteiger partial charge on any atom is 0.407 e. The van der Waals surface area contributed by atoms with Gasteiger partial charge in [0.2, 0.25) is 5.91 Å². The number of carboxylic acid groups (broad SMARTS) is 1. The van der Waals surface area contributed by atoms with Gasteiger partial charge in [0, 0.05) is 17.1 Å². The Morgan fingerprint density at radius 3 is 2.40 bits per heavy atom. The lowest BCUT2D eigenvalue weighted by atomic mass is 10.0. The highest BCUT2D eigenvalue weighted by molar-refractivity contribution is 7.13. The topological polar surface area (TPSA) is 118 Å². The molecule has 0 spiro atoms. The molecule has 1 aliphatic heterocycles. The average Bonchev–Trinajstić information content (AvgIpc) is 3.49. The van der Waals surface area contributed by atoms with E-state index in [9.17, 15) is 14.7 Å². The number of anilines is 2. The van der Waals surface area contributed by atoms with Gasteiger partial charge in [0.25, 0.3) is 0 Å². The molecule has 40 heavy (non-hydrogen) atoms. The maximum absolute atomic E-state index is 12.7. The highest BCUT2D eigenvalue weighted by Gasteiger charge is 2.46. The molecule has 0 radical (unpaired) electrons. The smallest absolute Gasteiger partial charge is 0.407 e. The summed E-state index contributed by atoms with van der Waals surface area (Å²) in [4.78, 5) is 30.8. The van der Waals surface area contributed by atoms with Gasteiger partial charge in [-0.3, -0.25) is 9.69 Å². The second-order valence-corrected chi connectivity index (χ2v) is 17.6. The van der Waals surface area contributed by atoms with Gasteiger partial charge in [-0.25, -0.2) is 9.78 Å². The van der Waals surface area contributed by atoms with Crippen molar-refractivity contribution in [2.75, 3.05) is 11.1 Å². The van der Waals surface area contributed by atoms with Gasteiger partial charge in [-0.05, 0) is 60.7 Å². The minimum atomic E-state index is -2.19. The summed E-state index contributed by atoms with van der Waals surface area (Å²) in [7, 11) is -2.19. The zero-order valence-corrected chi connectivity index (χ0v) is 25.7. The van der Waals surface area contributed by atoms with E-state index in [1.54, 1.807) is 10.3 Å². The summed E-state index contributed by atoms with van der Waals surface area (Å²) in [5.74, 6) is -0.164. The molecule has 1 saturated heterocycles. The van der Waals surface area contributed by atoms with E-state index in [0.717, 1.165) is 24.0 Å². The Morgan fingerprint density at radius 1 is 1.15 bits per heavy atom. The van der Waals surface area contributed by atoms with Crippen LogP contribution in [0.2, 0.25) is 18.1 Å².